The molecule has 0 aliphatic carbocycles. The van der Waals surface area contributed by atoms with Crippen LogP contribution in [0.2, 0.25) is 0 Å². The molecular weight excluding hydrogens is 394 g/mol. The van der Waals surface area contributed by atoms with Gasteiger partial charge in [0.1, 0.15) is 32.7 Å². The Kier molecular flexibility index (Phi) is 6.84. The first kappa shape index (κ1) is 21.2. The van der Waals surface area contributed by atoms with Crippen LogP contribution in [0.25, 0.3) is 0 Å². The van der Waals surface area contributed by atoms with Gasteiger partial charge in [0, 0.05) is 11.6 Å². The summed E-state index contributed by atoms with van der Waals surface area (Å²) in [5.41, 5.74) is 1.84. The minimum atomic E-state index is -3.07. The number of imide groups is 1. The zero-order valence-electron chi connectivity index (χ0n) is 16.2. The molecule has 0 radical (unpaired) electrons. The van der Waals surface area contributed by atoms with E-state index in [1.54, 1.807) is 0 Å². The topological polar surface area (TPSA) is 125 Å². The quantitative estimate of drug-likeness (QED) is 0.400. The molecule has 2 heterocycles. The van der Waals surface area contributed by atoms with Crippen molar-refractivity contribution in [3.63, 3.8) is 0 Å². The van der Waals surface area contributed by atoms with Gasteiger partial charge in [-0.3, -0.25) is 10.1 Å². The van der Waals surface area contributed by atoms with Crippen LogP contribution in [-0.2, 0) is 21.2 Å². The number of hydrogen-bond donors (Lipinski definition) is 4. The Morgan fingerprint density at radius 2 is 1.76 bits per heavy atom. The second-order valence-electron chi connectivity index (χ2n) is 7.78. The molecule has 3 rings (SSSR count). The van der Waals surface area contributed by atoms with Crippen molar-refractivity contribution >= 4 is 21.8 Å². The van der Waals surface area contributed by atoms with Crippen molar-refractivity contribution in [1.82, 2.24) is 10.6 Å². The Morgan fingerprint density at radius 1 is 1.10 bits per heavy atom. The highest BCUT2D eigenvalue weighted by molar-refractivity contribution is 7.91. The van der Waals surface area contributed by atoms with E-state index in [1.165, 1.54) is 10.5 Å². The Bertz CT molecular complexity index is 886. The largest absolute Gasteiger partial charge is 0.334 e. The van der Waals surface area contributed by atoms with E-state index in [0.717, 1.165) is 37.6 Å². The van der Waals surface area contributed by atoms with Crippen molar-refractivity contribution in [1.29, 1.82) is 5.26 Å². The van der Waals surface area contributed by atoms with E-state index in [0.29, 0.717) is 12.0 Å². The molecule has 1 atom stereocenters. The average Bonchev–Trinajstić information content (AvgIpc) is 3.02. The summed E-state index contributed by atoms with van der Waals surface area (Å²) in [5, 5.41) is 13.7. The standard InChI is InChI=1S/C19H25N5O4S/c20-11-15-1-3-16(4-2-15)12-23-6-8-24(9-7-23)13-18(25)22-19(26)21-17-5-10-29(27,28)14-17/h1-4,17H,5-10,12-14H2,(H2,21,22,25,26)/p+2/t17-/m1/s1. The molecule has 2 saturated heterocycles. The molecule has 2 fully saturated rings. The Balaban J connectivity index is 1.36. The molecular formula is C19H27N5O4S+2. The lowest BCUT2D eigenvalue weighted by molar-refractivity contribution is -1.02. The van der Waals surface area contributed by atoms with Gasteiger partial charge in [-0.05, 0) is 18.6 Å². The lowest BCUT2D eigenvalue weighted by Gasteiger charge is -2.29. The van der Waals surface area contributed by atoms with Gasteiger partial charge in [0.2, 0.25) is 0 Å². The summed E-state index contributed by atoms with van der Waals surface area (Å²) in [4.78, 5) is 26.6. The number of nitrogens with one attached hydrogen (secondary N) is 4. The van der Waals surface area contributed by atoms with E-state index in [2.05, 4.69) is 16.7 Å². The third-order valence-electron chi connectivity index (χ3n) is 5.43. The van der Waals surface area contributed by atoms with Crippen LogP contribution in [-0.4, -0.2) is 70.6 Å². The number of sulfone groups is 1. The Hall–Kier alpha value is -2.48. The highest BCUT2D eigenvalue weighted by Crippen LogP contribution is 2.10. The Morgan fingerprint density at radius 3 is 2.34 bits per heavy atom. The number of rotatable bonds is 5. The Labute approximate surface area is 170 Å². The lowest BCUT2D eigenvalue weighted by Crippen LogP contribution is -3.28. The molecule has 1 aromatic carbocycles. The molecule has 0 aromatic heterocycles. The van der Waals surface area contributed by atoms with Crippen molar-refractivity contribution in [2.45, 2.75) is 19.0 Å². The molecule has 10 heteroatoms. The van der Waals surface area contributed by atoms with Crippen molar-refractivity contribution in [2.24, 2.45) is 0 Å². The number of hydrogen-bond acceptors (Lipinski definition) is 5. The number of urea groups is 1. The third kappa shape index (κ3) is 6.52. The summed E-state index contributed by atoms with van der Waals surface area (Å²) in [5.74, 6) is -0.344. The molecule has 0 bridgehead atoms. The highest BCUT2D eigenvalue weighted by atomic mass is 32.2. The van der Waals surface area contributed by atoms with Gasteiger partial charge in [0.15, 0.2) is 16.4 Å². The number of carbonyl (C=O) groups is 2. The average molecular weight is 422 g/mol. The number of quaternary nitrogens is 2. The predicted octanol–water partition coefficient (Wildman–Crippen LogP) is -3.15. The predicted molar refractivity (Wildman–Crippen MR) is 105 cm³/mol. The first-order valence-corrected chi connectivity index (χ1v) is 11.6. The van der Waals surface area contributed by atoms with Gasteiger partial charge >= 0.3 is 6.03 Å². The number of benzene rings is 1. The summed E-state index contributed by atoms with van der Waals surface area (Å²) in [7, 11) is -3.07. The van der Waals surface area contributed by atoms with Gasteiger partial charge in [-0.2, -0.15) is 5.26 Å². The van der Waals surface area contributed by atoms with Crippen molar-refractivity contribution in [3.05, 3.63) is 35.4 Å². The van der Waals surface area contributed by atoms with Crippen LogP contribution in [0.3, 0.4) is 0 Å². The van der Waals surface area contributed by atoms with Gasteiger partial charge in [0.25, 0.3) is 5.91 Å². The number of nitriles is 1. The summed E-state index contributed by atoms with van der Waals surface area (Å²) in [6, 6.07) is 8.68. The number of piperazine rings is 1. The van der Waals surface area contributed by atoms with Crippen LogP contribution in [0.5, 0.6) is 0 Å². The minimum Gasteiger partial charge on any atom is -0.334 e. The van der Waals surface area contributed by atoms with Gasteiger partial charge in [-0.1, -0.05) is 12.1 Å². The number of carbonyl (C=O) groups excluding carboxylic acids is 2. The van der Waals surface area contributed by atoms with Crippen LogP contribution in [0.15, 0.2) is 24.3 Å². The first-order valence-electron chi connectivity index (χ1n) is 9.80. The van der Waals surface area contributed by atoms with Gasteiger partial charge in [-0.25, -0.2) is 13.2 Å². The summed E-state index contributed by atoms with van der Waals surface area (Å²) in [6.45, 7) is 4.63. The fourth-order valence-corrected chi connectivity index (χ4v) is 5.50. The summed E-state index contributed by atoms with van der Waals surface area (Å²) < 4.78 is 22.8. The maximum atomic E-state index is 12.1. The zero-order chi connectivity index (χ0) is 20.9. The molecule has 1 aromatic rings. The van der Waals surface area contributed by atoms with Crippen LogP contribution < -0.4 is 20.4 Å². The van der Waals surface area contributed by atoms with E-state index in [4.69, 9.17) is 5.26 Å². The van der Waals surface area contributed by atoms with Gasteiger partial charge in [-0.15, -0.1) is 0 Å². The molecule has 29 heavy (non-hydrogen) atoms. The molecule has 9 nitrogen and oxygen atoms in total. The first-order chi connectivity index (χ1) is 13.8. The molecule has 4 N–H and O–H groups in total. The number of nitrogens with zero attached hydrogens (tertiary/aromatic N) is 1. The molecule has 0 unspecified atom stereocenters. The molecule has 0 spiro atoms. The van der Waals surface area contributed by atoms with Gasteiger partial charge < -0.3 is 15.1 Å². The molecule has 156 valence electrons. The number of amides is 3. The van der Waals surface area contributed by atoms with E-state index >= 15 is 0 Å². The van der Waals surface area contributed by atoms with E-state index < -0.39 is 21.9 Å². The normalized spacial score (nSPS) is 25.7. The fourth-order valence-electron chi connectivity index (χ4n) is 3.82. The van der Waals surface area contributed by atoms with Crippen molar-refractivity contribution < 1.29 is 27.8 Å². The maximum Gasteiger partial charge on any atom is 0.321 e. The SMILES string of the molecule is N#Cc1ccc(C[NH+]2CC[NH+](CC(=O)NC(=O)N[C@@H]3CCS(=O)(=O)C3)CC2)cc1. The third-order valence-corrected chi connectivity index (χ3v) is 7.20. The maximum absolute atomic E-state index is 12.1. The monoisotopic (exact) mass is 421 g/mol. The van der Waals surface area contributed by atoms with Gasteiger partial charge in [0.05, 0.1) is 23.1 Å². The van der Waals surface area contributed by atoms with Crippen molar-refractivity contribution in [2.75, 3.05) is 44.2 Å². The minimum absolute atomic E-state index is 0.0656. The molecule has 0 saturated carbocycles. The van der Waals surface area contributed by atoms with E-state index in [1.807, 2.05) is 24.3 Å². The summed E-state index contributed by atoms with van der Waals surface area (Å²) >= 11 is 0. The lowest BCUT2D eigenvalue weighted by atomic mass is 10.1. The van der Waals surface area contributed by atoms with Crippen molar-refractivity contribution in [3.8, 4) is 6.07 Å². The van der Waals surface area contributed by atoms with Crippen LogP contribution in [0.4, 0.5) is 4.79 Å². The molecule has 2 aliphatic heterocycles. The van der Waals surface area contributed by atoms with Crippen LogP contribution in [0, 0.1) is 11.3 Å². The second-order valence-corrected chi connectivity index (χ2v) is 10.0. The fraction of sp³-hybridized carbons (Fsp3) is 0.526. The summed E-state index contributed by atoms with van der Waals surface area (Å²) in [6.07, 6.45) is 0.388. The van der Waals surface area contributed by atoms with Crippen LogP contribution >= 0.6 is 0 Å². The zero-order valence-corrected chi connectivity index (χ0v) is 17.1. The van der Waals surface area contributed by atoms with E-state index in [-0.39, 0.29) is 24.0 Å². The smallest absolute Gasteiger partial charge is 0.321 e. The van der Waals surface area contributed by atoms with E-state index in [9.17, 15) is 18.0 Å². The second kappa shape index (κ2) is 9.35. The molecule has 2 aliphatic rings. The van der Waals surface area contributed by atoms with Crippen LogP contribution in [0.1, 0.15) is 17.5 Å². The highest BCUT2D eigenvalue weighted by Gasteiger charge is 2.30. The molecule has 3 amide bonds.